The summed E-state index contributed by atoms with van der Waals surface area (Å²) in [6, 6.07) is 7.70. The normalized spacial score (nSPS) is 28.7. The lowest BCUT2D eigenvalue weighted by Crippen LogP contribution is -2.53. The number of amides is 2. The minimum absolute atomic E-state index is 0. The van der Waals surface area contributed by atoms with E-state index in [1.165, 1.54) is 19.3 Å². The van der Waals surface area contributed by atoms with Gasteiger partial charge >= 0.3 is 0 Å². The summed E-state index contributed by atoms with van der Waals surface area (Å²) in [7, 11) is 0. The lowest BCUT2D eigenvalue weighted by Gasteiger charge is -2.45. The van der Waals surface area contributed by atoms with E-state index >= 15 is 0 Å². The van der Waals surface area contributed by atoms with E-state index in [0.717, 1.165) is 44.7 Å². The molecule has 6 nitrogen and oxygen atoms in total. The van der Waals surface area contributed by atoms with Crippen LogP contribution in [-0.4, -0.2) is 48.9 Å². The average molecular weight is 443 g/mol. The lowest BCUT2D eigenvalue weighted by molar-refractivity contribution is -0.138. The number of hydrogen-bond donors (Lipinski definition) is 2. The van der Waals surface area contributed by atoms with E-state index in [1.807, 2.05) is 17.0 Å². The fraction of sp³-hybridized carbons (Fsp3) is 0.619. The number of carbonyl (C=O) groups excluding carboxylic acids is 2. The van der Waals surface area contributed by atoms with E-state index in [9.17, 15) is 9.59 Å². The Bertz CT molecular complexity index is 693. The van der Waals surface area contributed by atoms with Gasteiger partial charge in [0.05, 0.1) is 0 Å². The summed E-state index contributed by atoms with van der Waals surface area (Å²) in [5.74, 6) is 1.17. The summed E-state index contributed by atoms with van der Waals surface area (Å²) in [5.41, 5.74) is 13.3. The molecule has 2 atom stereocenters. The van der Waals surface area contributed by atoms with E-state index in [4.69, 9.17) is 11.5 Å². The molecule has 2 aliphatic carbocycles. The molecule has 4 rings (SSSR count). The van der Waals surface area contributed by atoms with Crippen LogP contribution >= 0.6 is 24.8 Å². The Morgan fingerprint density at radius 3 is 1.97 bits per heavy atom. The van der Waals surface area contributed by atoms with Gasteiger partial charge in [0.1, 0.15) is 0 Å². The predicted octanol–water partition coefficient (Wildman–Crippen LogP) is 2.43. The Morgan fingerprint density at radius 1 is 0.897 bits per heavy atom. The second-order valence-electron chi connectivity index (χ2n) is 8.42. The Kier molecular flexibility index (Phi) is 8.20. The van der Waals surface area contributed by atoms with Crippen LogP contribution in [-0.2, 0) is 4.79 Å². The van der Waals surface area contributed by atoms with Gasteiger partial charge in [0.15, 0.2) is 0 Å². The number of hydrogen-bond acceptors (Lipinski definition) is 4. The van der Waals surface area contributed by atoms with Crippen LogP contribution in [0.5, 0.6) is 0 Å². The Morgan fingerprint density at radius 2 is 1.45 bits per heavy atom. The monoisotopic (exact) mass is 442 g/mol. The van der Waals surface area contributed by atoms with Crippen molar-refractivity contribution < 1.29 is 9.59 Å². The molecule has 1 aliphatic heterocycles. The number of rotatable bonds is 3. The van der Waals surface area contributed by atoms with E-state index < -0.39 is 5.91 Å². The molecular weight excluding hydrogens is 411 g/mol. The van der Waals surface area contributed by atoms with Crippen LogP contribution in [0.2, 0.25) is 0 Å². The van der Waals surface area contributed by atoms with Gasteiger partial charge in [-0.3, -0.25) is 9.59 Å². The number of primary amides is 1. The molecular formula is C21H32Cl2N4O2. The molecule has 2 amide bonds. The van der Waals surface area contributed by atoms with Crippen LogP contribution in [0.4, 0.5) is 5.69 Å². The fourth-order valence-electron chi connectivity index (χ4n) is 5.27. The summed E-state index contributed by atoms with van der Waals surface area (Å²) in [4.78, 5) is 28.6. The minimum Gasteiger partial charge on any atom is -0.368 e. The number of piperazine rings is 1. The van der Waals surface area contributed by atoms with E-state index in [-0.39, 0.29) is 30.7 Å². The molecule has 4 N–H and O–H groups in total. The first kappa shape index (κ1) is 23.8. The van der Waals surface area contributed by atoms with Crippen molar-refractivity contribution in [3.05, 3.63) is 29.8 Å². The maximum atomic E-state index is 13.1. The third-order valence-electron chi connectivity index (χ3n) is 6.87. The maximum absolute atomic E-state index is 13.1. The zero-order valence-corrected chi connectivity index (χ0v) is 18.3. The predicted molar refractivity (Wildman–Crippen MR) is 120 cm³/mol. The van der Waals surface area contributed by atoms with Crippen molar-refractivity contribution in [2.24, 2.45) is 29.2 Å². The fourth-order valence-corrected chi connectivity index (χ4v) is 5.27. The van der Waals surface area contributed by atoms with Crippen molar-refractivity contribution >= 4 is 42.3 Å². The van der Waals surface area contributed by atoms with Gasteiger partial charge in [-0.2, -0.15) is 0 Å². The number of carbonyl (C=O) groups is 2. The molecule has 1 saturated heterocycles. The van der Waals surface area contributed by atoms with Crippen LogP contribution in [0.25, 0.3) is 0 Å². The summed E-state index contributed by atoms with van der Waals surface area (Å²) in [6.45, 7) is 3.16. The molecule has 0 aromatic heterocycles. The van der Waals surface area contributed by atoms with Gasteiger partial charge in [-0.05, 0) is 61.8 Å². The highest BCUT2D eigenvalue weighted by atomic mass is 35.5. The number of nitrogens with two attached hydrogens (primary N) is 2. The summed E-state index contributed by atoms with van der Waals surface area (Å²) < 4.78 is 0. The molecule has 2 unspecified atom stereocenters. The van der Waals surface area contributed by atoms with Crippen LogP contribution in [0.1, 0.15) is 42.5 Å². The van der Waals surface area contributed by atoms with Gasteiger partial charge in [-0.1, -0.05) is 6.42 Å². The molecule has 3 fully saturated rings. The molecule has 0 radical (unpaired) electrons. The van der Waals surface area contributed by atoms with E-state index in [2.05, 4.69) is 4.90 Å². The van der Waals surface area contributed by atoms with Gasteiger partial charge in [-0.25, -0.2) is 0 Å². The standard InChI is InChI=1S/C21H30N4O2.2ClH/c22-19-15-2-1-3-16(19)13-17(12-15)21(27)25-10-8-24(9-11-25)18-6-4-14(5-7-18)20(23)26;;/h4-7,15-17,19H,1-3,8-13,22H2,(H2,23,26);2*1H. The smallest absolute Gasteiger partial charge is 0.248 e. The summed E-state index contributed by atoms with van der Waals surface area (Å²) >= 11 is 0. The zero-order chi connectivity index (χ0) is 19.0. The van der Waals surface area contributed by atoms with Crippen LogP contribution in [0, 0.1) is 17.8 Å². The highest BCUT2D eigenvalue weighted by Gasteiger charge is 2.41. The van der Waals surface area contributed by atoms with E-state index in [1.54, 1.807) is 12.1 Å². The molecule has 0 spiro atoms. The van der Waals surface area contributed by atoms with Gasteiger partial charge in [-0.15, -0.1) is 24.8 Å². The van der Waals surface area contributed by atoms with Gasteiger partial charge in [0.2, 0.25) is 11.8 Å². The first-order valence-corrected chi connectivity index (χ1v) is 10.2. The summed E-state index contributed by atoms with van der Waals surface area (Å²) in [6.07, 6.45) is 5.61. The average Bonchev–Trinajstić information content (AvgIpc) is 2.67. The summed E-state index contributed by atoms with van der Waals surface area (Å²) in [5, 5.41) is 0. The minimum atomic E-state index is -0.408. The maximum Gasteiger partial charge on any atom is 0.248 e. The van der Waals surface area contributed by atoms with Crippen molar-refractivity contribution in [1.82, 2.24) is 4.90 Å². The number of anilines is 1. The van der Waals surface area contributed by atoms with Gasteiger partial charge in [0, 0.05) is 49.4 Å². The highest BCUT2D eigenvalue weighted by molar-refractivity contribution is 5.93. The zero-order valence-electron chi connectivity index (χ0n) is 16.7. The molecule has 162 valence electrons. The SMILES string of the molecule is Cl.Cl.NC(=O)c1ccc(N2CCN(C(=O)C3CC4CCCC(C3)C4N)CC2)cc1. The largest absolute Gasteiger partial charge is 0.368 e. The molecule has 1 heterocycles. The number of nitrogens with zero attached hydrogens (tertiary/aromatic N) is 2. The molecule has 2 saturated carbocycles. The molecule has 1 aromatic carbocycles. The Hall–Kier alpha value is -1.50. The highest BCUT2D eigenvalue weighted by Crippen LogP contribution is 2.42. The van der Waals surface area contributed by atoms with Gasteiger partial charge in [0.25, 0.3) is 0 Å². The van der Waals surface area contributed by atoms with Crippen LogP contribution < -0.4 is 16.4 Å². The number of fused-ring (bicyclic) bond motifs is 2. The van der Waals surface area contributed by atoms with Gasteiger partial charge < -0.3 is 21.3 Å². The quantitative estimate of drug-likeness (QED) is 0.751. The first-order valence-electron chi connectivity index (χ1n) is 10.2. The molecule has 2 bridgehead atoms. The Labute approximate surface area is 185 Å². The van der Waals surface area contributed by atoms with Crippen LogP contribution in [0.15, 0.2) is 24.3 Å². The van der Waals surface area contributed by atoms with Crippen molar-refractivity contribution in [3.8, 4) is 0 Å². The topological polar surface area (TPSA) is 92.7 Å². The van der Waals surface area contributed by atoms with Crippen molar-refractivity contribution in [3.63, 3.8) is 0 Å². The van der Waals surface area contributed by atoms with E-state index in [0.29, 0.717) is 29.3 Å². The van der Waals surface area contributed by atoms with Crippen molar-refractivity contribution in [2.45, 2.75) is 38.1 Å². The number of benzene rings is 1. The third-order valence-corrected chi connectivity index (χ3v) is 6.87. The van der Waals surface area contributed by atoms with Crippen LogP contribution in [0.3, 0.4) is 0 Å². The molecule has 3 aliphatic rings. The second kappa shape index (κ2) is 10.0. The lowest BCUT2D eigenvalue weighted by atomic mass is 9.65. The van der Waals surface area contributed by atoms with Crippen molar-refractivity contribution in [1.29, 1.82) is 0 Å². The van der Waals surface area contributed by atoms with Crippen molar-refractivity contribution in [2.75, 3.05) is 31.1 Å². The second-order valence-corrected chi connectivity index (χ2v) is 8.42. The molecule has 29 heavy (non-hydrogen) atoms. The molecule has 1 aromatic rings. The first-order chi connectivity index (χ1) is 13.0. The Balaban J connectivity index is 0.00000150. The number of halogens is 2. The third kappa shape index (κ3) is 4.98. The molecule has 8 heteroatoms.